The van der Waals surface area contributed by atoms with Crippen molar-refractivity contribution in [3.63, 3.8) is 0 Å². The van der Waals surface area contributed by atoms with Crippen LogP contribution in [0.3, 0.4) is 0 Å². The van der Waals surface area contributed by atoms with Crippen LogP contribution in [0.1, 0.15) is 12.5 Å². The Morgan fingerprint density at radius 2 is 1.86 bits per heavy atom. The first kappa shape index (κ1) is 15.9. The summed E-state index contributed by atoms with van der Waals surface area (Å²) in [7, 11) is 0. The zero-order valence-corrected chi connectivity index (χ0v) is 12.2. The van der Waals surface area contributed by atoms with Crippen LogP contribution in [0, 0.1) is 5.82 Å². The molecule has 2 unspecified atom stereocenters. The Labute approximate surface area is 124 Å². The van der Waals surface area contributed by atoms with E-state index < -0.39 is 18.1 Å². The maximum atomic E-state index is 12.9. The molecule has 1 heterocycles. The van der Waals surface area contributed by atoms with Gasteiger partial charge in [0, 0.05) is 38.8 Å². The molecule has 3 N–H and O–H groups in total. The number of rotatable bonds is 5. The van der Waals surface area contributed by atoms with Gasteiger partial charge in [-0.15, -0.1) is 0 Å². The van der Waals surface area contributed by atoms with Gasteiger partial charge >= 0.3 is 5.97 Å². The van der Waals surface area contributed by atoms with Crippen LogP contribution in [0.25, 0.3) is 0 Å². The van der Waals surface area contributed by atoms with E-state index in [0.29, 0.717) is 13.1 Å². The summed E-state index contributed by atoms with van der Waals surface area (Å²) in [5, 5.41) is 9.25. The summed E-state index contributed by atoms with van der Waals surface area (Å²) in [6, 6.07) is 5.46. The number of nitrogens with zero attached hydrogens (tertiary/aromatic N) is 2. The van der Waals surface area contributed by atoms with Gasteiger partial charge in [-0.25, -0.2) is 4.39 Å². The van der Waals surface area contributed by atoms with Gasteiger partial charge < -0.3 is 10.8 Å². The Balaban J connectivity index is 1.88. The lowest BCUT2D eigenvalue weighted by Crippen LogP contribution is -2.57. The first-order chi connectivity index (χ1) is 9.97. The van der Waals surface area contributed by atoms with Gasteiger partial charge in [0.1, 0.15) is 11.9 Å². The predicted molar refractivity (Wildman–Crippen MR) is 78.3 cm³/mol. The summed E-state index contributed by atoms with van der Waals surface area (Å²) in [5.74, 6) is -1.10. The lowest BCUT2D eigenvalue weighted by atomic mass is 10.1. The highest BCUT2D eigenvalue weighted by molar-refractivity contribution is 5.74. The number of piperazine rings is 1. The molecule has 0 aliphatic carbocycles. The van der Waals surface area contributed by atoms with Crippen LogP contribution in [0.5, 0.6) is 0 Å². The molecule has 1 saturated heterocycles. The molecule has 0 saturated carbocycles. The normalized spacial score (nSPS) is 20.1. The Kier molecular flexibility index (Phi) is 5.27. The molecule has 1 fully saturated rings. The van der Waals surface area contributed by atoms with E-state index in [1.165, 1.54) is 12.1 Å². The number of halogens is 1. The highest BCUT2D eigenvalue weighted by Crippen LogP contribution is 2.12. The van der Waals surface area contributed by atoms with Gasteiger partial charge in [-0.3, -0.25) is 14.6 Å². The lowest BCUT2D eigenvalue weighted by molar-refractivity contribution is -0.144. The third-order valence-corrected chi connectivity index (χ3v) is 3.87. The third-order valence-electron chi connectivity index (χ3n) is 3.87. The monoisotopic (exact) mass is 295 g/mol. The molecule has 1 aromatic carbocycles. The zero-order chi connectivity index (χ0) is 15.4. The highest BCUT2D eigenvalue weighted by Gasteiger charge is 2.31. The van der Waals surface area contributed by atoms with E-state index in [9.17, 15) is 14.3 Å². The van der Waals surface area contributed by atoms with Crippen molar-refractivity contribution in [3.05, 3.63) is 35.6 Å². The topological polar surface area (TPSA) is 69.8 Å². The summed E-state index contributed by atoms with van der Waals surface area (Å²) < 4.78 is 12.9. The summed E-state index contributed by atoms with van der Waals surface area (Å²) >= 11 is 0. The molecule has 1 aliphatic rings. The van der Waals surface area contributed by atoms with Crippen molar-refractivity contribution < 1.29 is 14.3 Å². The van der Waals surface area contributed by atoms with Gasteiger partial charge in [0.2, 0.25) is 0 Å². The molecule has 0 aromatic heterocycles. The SMILES string of the molecule is CC(N)C(C(=O)O)N1CCN(Cc2ccc(F)cc2)CC1. The second-order valence-electron chi connectivity index (χ2n) is 5.58. The van der Waals surface area contributed by atoms with Gasteiger partial charge in [0.15, 0.2) is 0 Å². The fraction of sp³-hybridized carbons (Fsp3) is 0.533. The Bertz CT molecular complexity index is 470. The average Bonchev–Trinajstić information content (AvgIpc) is 2.42. The van der Waals surface area contributed by atoms with E-state index in [0.717, 1.165) is 25.2 Å². The van der Waals surface area contributed by atoms with Gasteiger partial charge in [-0.05, 0) is 24.6 Å². The second kappa shape index (κ2) is 6.98. The zero-order valence-electron chi connectivity index (χ0n) is 12.2. The van der Waals surface area contributed by atoms with Crippen LogP contribution in [-0.2, 0) is 11.3 Å². The van der Waals surface area contributed by atoms with Crippen molar-refractivity contribution in [2.75, 3.05) is 26.2 Å². The van der Waals surface area contributed by atoms with Crippen LogP contribution in [0.4, 0.5) is 4.39 Å². The van der Waals surface area contributed by atoms with Crippen molar-refractivity contribution >= 4 is 5.97 Å². The molecule has 0 radical (unpaired) electrons. The molecular weight excluding hydrogens is 273 g/mol. The number of hydrogen-bond donors (Lipinski definition) is 2. The molecule has 1 aliphatic heterocycles. The first-order valence-electron chi connectivity index (χ1n) is 7.16. The number of benzene rings is 1. The number of nitrogens with two attached hydrogens (primary N) is 1. The quantitative estimate of drug-likeness (QED) is 0.838. The van der Waals surface area contributed by atoms with E-state index in [1.54, 1.807) is 19.1 Å². The fourth-order valence-electron chi connectivity index (χ4n) is 2.76. The summed E-state index contributed by atoms with van der Waals surface area (Å²) in [6.07, 6.45) is 0. The molecule has 2 rings (SSSR count). The summed E-state index contributed by atoms with van der Waals surface area (Å²) in [4.78, 5) is 15.4. The van der Waals surface area contributed by atoms with Crippen LogP contribution in [0.15, 0.2) is 24.3 Å². The molecule has 0 amide bonds. The van der Waals surface area contributed by atoms with Crippen molar-refractivity contribution in [2.24, 2.45) is 5.73 Å². The van der Waals surface area contributed by atoms with Crippen LogP contribution < -0.4 is 5.73 Å². The van der Waals surface area contributed by atoms with E-state index in [-0.39, 0.29) is 5.82 Å². The minimum absolute atomic E-state index is 0.232. The molecule has 0 spiro atoms. The number of aliphatic carboxylic acids is 1. The van der Waals surface area contributed by atoms with Crippen molar-refractivity contribution in [3.8, 4) is 0 Å². The smallest absolute Gasteiger partial charge is 0.322 e. The molecule has 1 aromatic rings. The maximum absolute atomic E-state index is 12.9. The van der Waals surface area contributed by atoms with Crippen molar-refractivity contribution in [2.45, 2.75) is 25.6 Å². The van der Waals surface area contributed by atoms with Gasteiger partial charge in [-0.2, -0.15) is 0 Å². The van der Waals surface area contributed by atoms with Gasteiger partial charge in [-0.1, -0.05) is 12.1 Å². The molecule has 21 heavy (non-hydrogen) atoms. The molecule has 2 atom stereocenters. The average molecular weight is 295 g/mol. The van der Waals surface area contributed by atoms with Crippen molar-refractivity contribution in [1.29, 1.82) is 0 Å². The van der Waals surface area contributed by atoms with E-state index in [1.807, 2.05) is 4.90 Å². The van der Waals surface area contributed by atoms with Crippen molar-refractivity contribution in [1.82, 2.24) is 9.80 Å². The number of carbonyl (C=O) groups is 1. The molecule has 116 valence electrons. The standard InChI is InChI=1S/C15H22FN3O2/c1-11(17)14(15(20)21)19-8-6-18(7-9-19)10-12-2-4-13(16)5-3-12/h2-5,11,14H,6-10,17H2,1H3,(H,20,21). The fourth-order valence-corrected chi connectivity index (χ4v) is 2.76. The summed E-state index contributed by atoms with van der Waals surface area (Å²) in [6.45, 7) is 5.41. The Morgan fingerprint density at radius 1 is 1.29 bits per heavy atom. The van der Waals surface area contributed by atoms with Crippen LogP contribution in [0.2, 0.25) is 0 Å². The first-order valence-corrected chi connectivity index (χ1v) is 7.16. The van der Waals surface area contributed by atoms with Gasteiger partial charge in [0.25, 0.3) is 0 Å². The highest BCUT2D eigenvalue weighted by atomic mass is 19.1. The Morgan fingerprint density at radius 3 is 2.33 bits per heavy atom. The van der Waals surface area contributed by atoms with Gasteiger partial charge in [0.05, 0.1) is 0 Å². The van der Waals surface area contributed by atoms with E-state index in [2.05, 4.69) is 4.90 Å². The molecule has 6 heteroatoms. The number of carboxylic acid groups (broad SMARTS) is 1. The minimum Gasteiger partial charge on any atom is -0.480 e. The maximum Gasteiger partial charge on any atom is 0.322 e. The van der Waals surface area contributed by atoms with Crippen LogP contribution >= 0.6 is 0 Å². The largest absolute Gasteiger partial charge is 0.480 e. The van der Waals surface area contributed by atoms with E-state index >= 15 is 0 Å². The third kappa shape index (κ3) is 4.23. The molecular formula is C15H22FN3O2. The second-order valence-corrected chi connectivity index (χ2v) is 5.58. The summed E-state index contributed by atoms with van der Waals surface area (Å²) in [5.41, 5.74) is 6.83. The Hall–Kier alpha value is -1.50. The minimum atomic E-state index is -0.864. The van der Waals surface area contributed by atoms with Crippen LogP contribution in [-0.4, -0.2) is 59.1 Å². The number of hydrogen-bond acceptors (Lipinski definition) is 4. The number of carboxylic acids is 1. The predicted octanol–water partition coefficient (Wildman–Crippen LogP) is 0.744. The molecule has 5 nitrogen and oxygen atoms in total. The lowest BCUT2D eigenvalue weighted by Gasteiger charge is -2.38. The molecule has 0 bridgehead atoms. The van der Waals surface area contributed by atoms with E-state index in [4.69, 9.17) is 5.73 Å².